The van der Waals surface area contributed by atoms with Gasteiger partial charge in [-0.05, 0) is 60.0 Å². The number of carbonyl (C=O) groups excluding carboxylic acids is 2. The Bertz CT molecular complexity index is 1240. The predicted octanol–water partition coefficient (Wildman–Crippen LogP) is 5.34. The van der Waals surface area contributed by atoms with E-state index in [0.717, 1.165) is 4.47 Å². The SMILES string of the molecule is COc1ccc(C(=O)Oc2ccc(Br)cc2/C=N\NC(=O)COc2ccc(C(C)C)cc2)cc1OC. The van der Waals surface area contributed by atoms with Gasteiger partial charge in [0.2, 0.25) is 0 Å². The number of ether oxygens (including phenoxy) is 4. The van der Waals surface area contributed by atoms with Crippen LogP contribution in [0, 0.1) is 0 Å². The number of rotatable bonds is 10. The van der Waals surface area contributed by atoms with E-state index in [1.165, 1.54) is 32.1 Å². The number of methoxy groups -OCH3 is 2. The van der Waals surface area contributed by atoms with Gasteiger partial charge in [0.25, 0.3) is 5.91 Å². The molecule has 1 amide bonds. The molecule has 8 nitrogen and oxygen atoms in total. The minimum Gasteiger partial charge on any atom is -0.493 e. The van der Waals surface area contributed by atoms with Gasteiger partial charge in [0.15, 0.2) is 18.1 Å². The zero-order valence-corrected chi connectivity index (χ0v) is 22.0. The van der Waals surface area contributed by atoms with E-state index < -0.39 is 11.9 Å². The summed E-state index contributed by atoms with van der Waals surface area (Å²) in [6.45, 7) is 4.02. The second-order valence-electron chi connectivity index (χ2n) is 7.95. The highest BCUT2D eigenvalue weighted by Gasteiger charge is 2.15. The van der Waals surface area contributed by atoms with Gasteiger partial charge in [-0.3, -0.25) is 4.79 Å². The molecule has 0 atom stereocenters. The lowest BCUT2D eigenvalue weighted by Crippen LogP contribution is -2.24. The molecular formula is C27H27BrN2O6. The van der Waals surface area contributed by atoms with Crippen molar-refractivity contribution in [1.29, 1.82) is 0 Å². The topological polar surface area (TPSA) is 95.5 Å². The van der Waals surface area contributed by atoms with E-state index in [1.54, 1.807) is 30.3 Å². The zero-order valence-electron chi connectivity index (χ0n) is 20.4. The summed E-state index contributed by atoms with van der Waals surface area (Å²) in [6.07, 6.45) is 1.39. The molecule has 0 bridgehead atoms. The van der Waals surface area contributed by atoms with Gasteiger partial charge in [-0.25, -0.2) is 10.2 Å². The molecule has 0 aliphatic carbocycles. The zero-order chi connectivity index (χ0) is 26.1. The first-order valence-electron chi connectivity index (χ1n) is 11.1. The van der Waals surface area contributed by atoms with Crippen LogP contribution in [0.5, 0.6) is 23.0 Å². The van der Waals surface area contributed by atoms with Crippen LogP contribution in [0.3, 0.4) is 0 Å². The molecule has 9 heteroatoms. The predicted molar refractivity (Wildman–Crippen MR) is 140 cm³/mol. The van der Waals surface area contributed by atoms with Gasteiger partial charge in [0.1, 0.15) is 11.5 Å². The van der Waals surface area contributed by atoms with Gasteiger partial charge in [0, 0.05) is 10.0 Å². The van der Waals surface area contributed by atoms with E-state index in [2.05, 4.69) is 40.3 Å². The van der Waals surface area contributed by atoms with Crippen molar-refractivity contribution in [3.8, 4) is 23.0 Å². The number of benzene rings is 3. The third-order valence-corrected chi connectivity index (χ3v) is 5.60. The molecule has 0 fully saturated rings. The van der Waals surface area contributed by atoms with Crippen LogP contribution < -0.4 is 24.4 Å². The fraction of sp³-hybridized carbons (Fsp3) is 0.222. The normalized spacial score (nSPS) is 10.8. The maximum absolute atomic E-state index is 12.7. The van der Waals surface area contributed by atoms with Crippen molar-refractivity contribution in [3.05, 3.63) is 81.8 Å². The molecule has 3 rings (SSSR count). The molecule has 0 aliphatic rings. The molecule has 0 aliphatic heterocycles. The molecule has 188 valence electrons. The lowest BCUT2D eigenvalue weighted by Gasteiger charge is -2.11. The van der Waals surface area contributed by atoms with Crippen LogP contribution in [0.2, 0.25) is 0 Å². The lowest BCUT2D eigenvalue weighted by atomic mass is 10.0. The summed E-state index contributed by atoms with van der Waals surface area (Å²) in [5.41, 5.74) is 4.36. The fourth-order valence-corrected chi connectivity index (χ4v) is 3.52. The van der Waals surface area contributed by atoms with Gasteiger partial charge in [-0.15, -0.1) is 0 Å². The van der Waals surface area contributed by atoms with Crippen LogP contribution in [0.1, 0.15) is 41.3 Å². The molecule has 0 spiro atoms. The number of carbonyl (C=O) groups is 2. The molecule has 36 heavy (non-hydrogen) atoms. The smallest absolute Gasteiger partial charge is 0.343 e. The number of amides is 1. The highest BCUT2D eigenvalue weighted by Crippen LogP contribution is 2.29. The Morgan fingerprint density at radius 1 is 0.944 bits per heavy atom. The minimum absolute atomic E-state index is 0.196. The minimum atomic E-state index is -0.589. The highest BCUT2D eigenvalue weighted by atomic mass is 79.9. The first-order chi connectivity index (χ1) is 17.3. The number of nitrogens with zero attached hydrogens (tertiary/aromatic N) is 1. The first-order valence-corrected chi connectivity index (χ1v) is 11.9. The molecule has 0 radical (unpaired) electrons. The highest BCUT2D eigenvalue weighted by molar-refractivity contribution is 9.10. The second-order valence-corrected chi connectivity index (χ2v) is 8.86. The number of hydrogen-bond acceptors (Lipinski definition) is 7. The third-order valence-electron chi connectivity index (χ3n) is 5.10. The number of nitrogens with one attached hydrogen (secondary N) is 1. The van der Waals surface area contributed by atoms with Crippen molar-refractivity contribution in [2.75, 3.05) is 20.8 Å². The number of halogens is 1. The Labute approximate surface area is 218 Å². The standard InChI is InChI=1S/C27H27BrN2O6/c1-17(2)18-5-9-22(10-6-18)35-16-26(31)30-29-15-20-13-21(28)8-12-23(20)36-27(32)19-7-11-24(33-3)25(14-19)34-4/h5-15,17H,16H2,1-4H3,(H,30,31)/b29-15-. The van der Waals surface area contributed by atoms with Crippen molar-refractivity contribution in [1.82, 2.24) is 5.43 Å². The molecule has 0 unspecified atom stereocenters. The van der Waals surface area contributed by atoms with E-state index in [9.17, 15) is 9.59 Å². The average Bonchev–Trinajstić information content (AvgIpc) is 2.88. The Kier molecular flexibility index (Phi) is 9.46. The lowest BCUT2D eigenvalue weighted by molar-refractivity contribution is -0.123. The van der Waals surface area contributed by atoms with Crippen LogP contribution in [-0.4, -0.2) is 38.9 Å². The van der Waals surface area contributed by atoms with Gasteiger partial charge in [-0.2, -0.15) is 5.10 Å². The monoisotopic (exact) mass is 554 g/mol. The Balaban J connectivity index is 1.62. The summed E-state index contributed by atoms with van der Waals surface area (Å²) in [5, 5.41) is 3.97. The van der Waals surface area contributed by atoms with Crippen molar-refractivity contribution in [3.63, 3.8) is 0 Å². The Hall–Kier alpha value is -3.85. The molecular weight excluding hydrogens is 528 g/mol. The molecule has 3 aromatic carbocycles. The summed E-state index contributed by atoms with van der Waals surface area (Å²) in [5.74, 6) is 1.15. The molecule has 3 aromatic rings. The quantitative estimate of drug-likeness (QED) is 0.157. The second kappa shape index (κ2) is 12.7. The van der Waals surface area contributed by atoms with Crippen molar-refractivity contribution >= 4 is 34.0 Å². The Morgan fingerprint density at radius 2 is 1.64 bits per heavy atom. The third kappa shape index (κ3) is 7.32. The van der Waals surface area contributed by atoms with Crippen LogP contribution in [-0.2, 0) is 4.79 Å². The first kappa shape index (κ1) is 26.7. The van der Waals surface area contributed by atoms with E-state index in [-0.39, 0.29) is 17.9 Å². The van der Waals surface area contributed by atoms with E-state index in [0.29, 0.717) is 28.7 Å². The molecule has 0 saturated heterocycles. The molecule has 0 saturated carbocycles. The van der Waals surface area contributed by atoms with Crippen LogP contribution in [0.4, 0.5) is 0 Å². The van der Waals surface area contributed by atoms with Gasteiger partial charge in [-0.1, -0.05) is 41.9 Å². The summed E-state index contributed by atoms with van der Waals surface area (Å²) in [4.78, 5) is 24.9. The average molecular weight is 555 g/mol. The van der Waals surface area contributed by atoms with Crippen molar-refractivity contribution in [2.45, 2.75) is 19.8 Å². The van der Waals surface area contributed by atoms with Gasteiger partial charge >= 0.3 is 5.97 Å². The summed E-state index contributed by atoms with van der Waals surface area (Å²) in [6, 6.07) is 17.4. The molecule has 1 N–H and O–H groups in total. The van der Waals surface area contributed by atoms with E-state index in [4.69, 9.17) is 18.9 Å². The summed E-state index contributed by atoms with van der Waals surface area (Å²) >= 11 is 3.39. The van der Waals surface area contributed by atoms with Crippen LogP contribution in [0.15, 0.2) is 70.2 Å². The fourth-order valence-electron chi connectivity index (χ4n) is 3.14. The van der Waals surface area contributed by atoms with Gasteiger partial charge < -0.3 is 18.9 Å². The van der Waals surface area contributed by atoms with Crippen LogP contribution in [0.25, 0.3) is 0 Å². The number of hydrazone groups is 1. The number of hydrogen-bond donors (Lipinski definition) is 1. The summed E-state index contributed by atoms with van der Waals surface area (Å²) < 4.78 is 22.3. The molecule has 0 aromatic heterocycles. The van der Waals surface area contributed by atoms with Crippen molar-refractivity contribution < 1.29 is 28.5 Å². The van der Waals surface area contributed by atoms with Crippen LogP contribution >= 0.6 is 15.9 Å². The number of esters is 1. The molecule has 0 heterocycles. The van der Waals surface area contributed by atoms with E-state index in [1.807, 2.05) is 24.3 Å². The maximum atomic E-state index is 12.7. The maximum Gasteiger partial charge on any atom is 0.343 e. The summed E-state index contributed by atoms with van der Waals surface area (Å²) in [7, 11) is 3.00. The van der Waals surface area contributed by atoms with Crippen molar-refractivity contribution in [2.24, 2.45) is 5.10 Å². The largest absolute Gasteiger partial charge is 0.493 e. The van der Waals surface area contributed by atoms with Gasteiger partial charge in [0.05, 0.1) is 26.0 Å². The Morgan fingerprint density at radius 3 is 2.31 bits per heavy atom. The van der Waals surface area contributed by atoms with E-state index >= 15 is 0 Å².